The maximum Gasteiger partial charge on any atom is 0.324 e. The lowest BCUT2D eigenvalue weighted by atomic mass is 10.5. The number of hydrogen-bond donors (Lipinski definition) is 0. The van der Waals surface area contributed by atoms with Gasteiger partial charge in [0, 0.05) is 0 Å². The standard InChI is InChI=1S/C8H8Cl2O4/c1-2-3-8(13-6(11)4-9)14-7(12)5-10/h8H,4-5H2,1H3. The minimum atomic E-state index is -1.24. The van der Waals surface area contributed by atoms with E-state index < -0.39 is 18.2 Å². The third kappa shape index (κ3) is 5.68. The molecule has 0 fully saturated rings. The molecule has 0 N–H and O–H groups in total. The molecule has 0 aliphatic carbocycles. The molecule has 0 saturated heterocycles. The van der Waals surface area contributed by atoms with Gasteiger partial charge in [-0.3, -0.25) is 9.59 Å². The molecule has 0 saturated carbocycles. The van der Waals surface area contributed by atoms with Crippen LogP contribution in [0.5, 0.6) is 0 Å². The van der Waals surface area contributed by atoms with Gasteiger partial charge in [-0.05, 0) is 12.8 Å². The van der Waals surface area contributed by atoms with E-state index in [2.05, 4.69) is 21.3 Å². The van der Waals surface area contributed by atoms with Crippen molar-refractivity contribution in [1.82, 2.24) is 0 Å². The zero-order valence-corrected chi connectivity index (χ0v) is 8.89. The Balaban J connectivity index is 4.20. The van der Waals surface area contributed by atoms with E-state index in [9.17, 15) is 9.59 Å². The Morgan fingerprint density at radius 2 is 1.64 bits per heavy atom. The Morgan fingerprint density at radius 3 is 1.93 bits per heavy atom. The van der Waals surface area contributed by atoms with Crippen LogP contribution in [0, 0.1) is 11.8 Å². The largest absolute Gasteiger partial charge is 0.412 e. The molecule has 0 heterocycles. The zero-order valence-electron chi connectivity index (χ0n) is 7.38. The molecular formula is C8H8Cl2O4. The van der Waals surface area contributed by atoms with Gasteiger partial charge >= 0.3 is 18.2 Å². The van der Waals surface area contributed by atoms with Crippen molar-refractivity contribution in [3.8, 4) is 11.8 Å². The highest BCUT2D eigenvalue weighted by Crippen LogP contribution is 1.97. The molecule has 0 aromatic heterocycles. The lowest BCUT2D eigenvalue weighted by Gasteiger charge is -2.11. The van der Waals surface area contributed by atoms with Crippen LogP contribution >= 0.6 is 23.2 Å². The molecule has 0 aliphatic heterocycles. The van der Waals surface area contributed by atoms with Gasteiger partial charge in [-0.25, -0.2) is 0 Å². The highest BCUT2D eigenvalue weighted by atomic mass is 35.5. The Morgan fingerprint density at radius 1 is 1.21 bits per heavy atom. The van der Waals surface area contributed by atoms with E-state index in [0.717, 1.165) is 0 Å². The van der Waals surface area contributed by atoms with Gasteiger partial charge in [0.2, 0.25) is 0 Å². The van der Waals surface area contributed by atoms with Gasteiger partial charge in [0.25, 0.3) is 0 Å². The van der Waals surface area contributed by atoms with Gasteiger partial charge in [0.15, 0.2) is 0 Å². The average molecular weight is 239 g/mol. The first-order valence-corrected chi connectivity index (χ1v) is 4.64. The molecule has 0 amide bonds. The number of alkyl halides is 2. The monoisotopic (exact) mass is 238 g/mol. The highest BCUT2D eigenvalue weighted by Gasteiger charge is 2.14. The quantitative estimate of drug-likeness (QED) is 0.316. The van der Waals surface area contributed by atoms with E-state index in [-0.39, 0.29) is 11.8 Å². The Bertz CT molecular complexity index is 248. The van der Waals surface area contributed by atoms with Crippen LogP contribution < -0.4 is 0 Å². The van der Waals surface area contributed by atoms with Crippen LogP contribution in [0.25, 0.3) is 0 Å². The predicted molar refractivity (Wildman–Crippen MR) is 50.9 cm³/mol. The van der Waals surface area contributed by atoms with Crippen LogP contribution in [0.1, 0.15) is 6.92 Å². The van der Waals surface area contributed by atoms with Crippen molar-refractivity contribution in [3.63, 3.8) is 0 Å². The van der Waals surface area contributed by atoms with Gasteiger partial charge < -0.3 is 9.47 Å². The van der Waals surface area contributed by atoms with Gasteiger partial charge in [-0.15, -0.1) is 23.2 Å². The number of hydrogen-bond acceptors (Lipinski definition) is 4. The SMILES string of the molecule is CC#CC(OC(=O)CCl)OC(=O)CCl. The van der Waals surface area contributed by atoms with Gasteiger partial charge in [-0.2, -0.15) is 0 Å². The summed E-state index contributed by atoms with van der Waals surface area (Å²) in [6.45, 7) is 1.51. The molecule has 0 bridgehead atoms. The number of halogens is 2. The lowest BCUT2D eigenvalue weighted by molar-refractivity contribution is -0.174. The Kier molecular flexibility index (Phi) is 6.99. The van der Waals surface area contributed by atoms with Crippen LogP contribution in [0.4, 0.5) is 0 Å². The number of carbonyl (C=O) groups is 2. The Labute approximate surface area is 91.4 Å². The van der Waals surface area contributed by atoms with Crippen molar-refractivity contribution in [2.24, 2.45) is 0 Å². The number of carbonyl (C=O) groups excluding carboxylic acids is 2. The first kappa shape index (κ1) is 13.1. The second kappa shape index (κ2) is 7.48. The minimum absolute atomic E-state index is 0.333. The van der Waals surface area contributed by atoms with Crippen molar-refractivity contribution in [2.75, 3.05) is 11.8 Å². The van der Waals surface area contributed by atoms with Crippen LogP contribution in [-0.2, 0) is 19.1 Å². The molecule has 0 spiro atoms. The highest BCUT2D eigenvalue weighted by molar-refractivity contribution is 6.26. The second-order valence-corrected chi connectivity index (χ2v) is 2.51. The maximum absolute atomic E-state index is 10.7. The number of ether oxygens (including phenoxy) is 2. The van der Waals surface area contributed by atoms with E-state index >= 15 is 0 Å². The van der Waals surface area contributed by atoms with Crippen molar-refractivity contribution in [3.05, 3.63) is 0 Å². The molecule has 0 atom stereocenters. The van der Waals surface area contributed by atoms with E-state index in [0.29, 0.717) is 0 Å². The Hall–Kier alpha value is -0.920. The molecule has 14 heavy (non-hydrogen) atoms. The second-order valence-electron chi connectivity index (χ2n) is 1.97. The summed E-state index contributed by atoms with van der Waals surface area (Å²) in [5.74, 6) is 2.69. The topological polar surface area (TPSA) is 52.6 Å². The molecule has 78 valence electrons. The fourth-order valence-electron chi connectivity index (χ4n) is 0.503. The van der Waals surface area contributed by atoms with Gasteiger partial charge in [-0.1, -0.05) is 5.92 Å². The van der Waals surface area contributed by atoms with E-state index in [4.69, 9.17) is 23.2 Å². The summed E-state index contributed by atoms with van der Waals surface area (Å²) in [6, 6.07) is 0. The van der Waals surface area contributed by atoms with Crippen molar-refractivity contribution in [1.29, 1.82) is 0 Å². The summed E-state index contributed by atoms with van der Waals surface area (Å²) >= 11 is 10.4. The molecule has 6 heteroatoms. The molecule has 0 unspecified atom stereocenters. The maximum atomic E-state index is 10.7. The summed E-state index contributed by atoms with van der Waals surface area (Å²) in [6.07, 6.45) is -1.24. The summed E-state index contributed by atoms with van der Waals surface area (Å²) < 4.78 is 9.13. The average Bonchev–Trinajstić information content (AvgIpc) is 2.17. The summed E-state index contributed by atoms with van der Waals surface area (Å²) in [4.78, 5) is 21.4. The molecule has 0 rings (SSSR count). The van der Waals surface area contributed by atoms with Crippen LogP contribution in [0.2, 0.25) is 0 Å². The van der Waals surface area contributed by atoms with E-state index in [1.54, 1.807) is 0 Å². The lowest BCUT2D eigenvalue weighted by Crippen LogP contribution is -2.24. The van der Waals surface area contributed by atoms with Crippen molar-refractivity contribution < 1.29 is 19.1 Å². The zero-order chi connectivity index (χ0) is 11.0. The van der Waals surface area contributed by atoms with Crippen molar-refractivity contribution >= 4 is 35.1 Å². The molecule has 0 aromatic carbocycles. The van der Waals surface area contributed by atoms with E-state index in [1.165, 1.54) is 6.92 Å². The van der Waals surface area contributed by atoms with Crippen LogP contribution in [-0.4, -0.2) is 30.0 Å². The third-order valence-corrected chi connectivity index (χ3v) is 1.39. The first-order chi connectivity index (χ1) is 6.63. The number of rotatable bonds is 4. The van der Waals surface area contributed by atoms with Crippen molar-refractivity contribution in [2.45, 2.75) is 13.2 Å². The summed E-state index contributed by atoms with van der Waals surface area (Å²) in [7, 11) is 0. The fourth-order valence-corrected chi connectivity index (χ4v) is 0.629. The minimum Gasteiger partial charge on any atom is -0.412 e. The number of esters is 2. The summed E-state index contributed by atoms with van der Waals surface area (Å²) in [5, 5.41) is 0. The van der Waals surface area contributed by atoms with Crippen LogP contribution in [0.15, 0.2) is 0 Å². The molecular weight excluding hydrogens is 231 g/mol. The molecule has 0 aromatic rings. The molecule has 0 radical (unpaired) electrons. The van der Waals surface area contributed by atoms with Crippen LogP contribution in [0.3, 0.4) is 0 Å². The summed E-state index contributed by atoms with van der Waals surface area (Å²) in [5.41, 5.74) is 0. The molecule has 0 aliphatic rings. The van der Waals surface area contributed by atoms with Gasteiger partial charge in [0.05, 0.1) is 0 Å². The smallest absolute Gasteiger partial charge is 0.324 e. The third-order valence-electron chi connectivity index (χ3n) is 0.957. The molecule has 4 nitrogen and oxygen atoms in total. The predicted octanol–water partition coefficient (Wildman–Crippen LogP) is 0.900. The van der Waals surface area contributed by atoms with E-state index in [1.807, 2.05) is 0 Å². The first-order valence-electron chi connectivity index (χ1n) is 3.57. The van der Waals surface area contributed by atoms with Gasteiger partial charge in [0.1, 0.15) is 11.8 Å². The normalized spacial score (nSPS) is 8.86. The fraction of sp³-hybridized carbons (Fsp3) is 0.500.